The van der Waals surface area contributed by atoms with Crippen molar-refractivity contribution in [2.45, 2.75) is 11.8 Å². The number of benzene rings is 1. The Hall–Kier alpha value is -2.77. The number of hydrogen-bond donors (Lipinski definition) is 3. The molecule has 108 valence electrons. The summed E-state index contributed by atoms with van der Waals surface area (Å²) in [6, 6.07) is 6.55. The number of anilines is 1. The lowest BCUT2D eigenvalue weighted by Crippen LogP contribution is -2.13. The minimum absolute atomic E-state index is 0.0129. The van der Waals surface area contributed by atoms with Crippen molar-refractivity contribution in [3.05, 3.63) is 35.8 Å². The number of nitrogens with two attached hydrogens (primary N) is 1. The predicted molar refractivity (Wildman–Crippen MR) is 73.9 cm³/mol. The Labute approximate surface area is 120 Å². The molecule has 0 fully saturated rings. The van der Waals surface area contributed by atoms with Crippen LogP contribution >= 0.6 is 0 Å². The highest BCUT2D eigenvalue weighted by Crippen LogP contribution is 2.19. The number of rotatable bonds is 4. The summed E-state index contributed by atoms with van der Waals surface area (Å²) in [5.41, 5.74) is 1.13. The average molecular weight is 305 g/mol. The summed E-state index contributed by atoms with van der Waals surface area (Å²) in [5, 5.41) is 29.9. The van der Waals surface area contributed by atoms with Gasteiger partial charge in [0, 0.05) is 11.9 Å². The van der Waals surface area contributed by atoms with Gasteiger partial charge in [-0.25, -0.2) is 13.6 Å². The number of aryl methyl sites for hydroxylation is 1. The fourth-order valence-corrected chi connectivity index (χ4v) is 2.38. The third-order valence-electron chi connectivity index (χ3n) is 2.58. The Kier molecular flexibility index (Phi) is 3.97. The zero-order chi connectivity index (χ0) is 15.5. The Bertz CT molecular complexity index is 819. The van der Waals surface area contributed by atoms with Crippen LogP contribution in [-0.2, 0) is 10.0 Å². The molecule has 21 heavy (non-hydrogen) atoms. The fraction of sp³-hybridized carbons (Fsp3) is 0.0909. The number of aromatic amines is 1. The van der Waals surface area contributed by atoms with Gasteiger partial charge in [-0.15, -0.1) is 10.2 Å². The first-order chi connectivity index (χ1) is 9.91. The lowest BCUT2D eigenvalue weighted by molar-refractivity contribution is 0.597. The maximum atomic E-state index is 11.4. The Morgan fingerprint density at radius 3 is 2.86 bits per heavy atom. The van der Waals surface area contributed by atoms with Gasteiger partial charge in [-0.2, -0.15) is 10.5 Å². The van der Waals surface area contributed by atoms with E-state index in [0.717, 1.165) is 0 Å². The van der Waals surface area contributed by atoms with Crippen LogP contribution in [0.3, 0.4) is 0 Å². The van der Waals surface area contributed by atoms with Crippen molar-refractivity contribution in [2.24, 2.45) is 5.14 Å². The molecule has 0 atom stereocenters. The van der Waals surface area contributed by atoms with Gasteiger partial charge in [-0.05, 0) is 29.8 Å². The Balaban J connectivity index is 2.31. The number of nitriles is 1. The lowest BCUT2D eigenvalue weighted by atomic mass is 10.2. The van der Waals surface area contributed by atoms with Gasteiger partial charge >= 0.3 is 0 Å². The molecular weight excluding hydrogens is 294 g/mol. The van der Waals surface area contributed by atoms with E-state index < -0.39 is 10.0 Å². The van der Waals surface area contributed by atoms with Crippen LogP contribution in [0.5, 0.6) is 0 Å². The summed E-state index contributed by atoms with van der Waals surface area (Å²) >= 11 is 0. The number of nitrogens with zero attached hydrogens (tertiary/aromatic N) is 4. The van der Waals surface area contributed by atoms with Crippen molar-refractivity contribution in [3.8, 4) is 6.07 Å². The van der Waals surface area contributed by atoms with E-state index in [0.29, 0.717) is 11.3 Å². The van der Waals surface area contributed by atoms with E-state index in [1.165, 1.54) is 12.3 Å². The average Bonchev–Trinajstić information content (AvgIpc) is 2.94. The molecule has 0 aliphatic carbocycles. The highest BCUT2D eigenvalue weighted by Gasteiger charge is 2.12. The van der Waals surface area contributed by atoms with Crippen LogP contribution in [0.1, 0.15) is 11.4 Å². The number of aromatic nitrogens is 4. The van der Waals surface area contributed by atoms with Crippen molar-refractivity contribution in [1.29, 1.82) is 5.26 Å². The molecule has 0 spiro atoms. The zero-order valence-corrected chi connectivity index (χ0v) is 11.7. The molecule has 0 unspecified atom stereocenters. The van der Waals surface area contributed by atoms with Crippen LogP contribution in [0.4, 0.5) is 5.69 Å². The maximum absolute atomic E-state index is 11.4. The molecule has 4 N–H and O–H groups in total. The van der Waals surface area contributed by atoms with Gasteiger partial charge in [0.15, 0.2) is 0 Å². The summed E-state index contributed by atoms with van der Waals surface area (Å²) in [5.74, 6) is 0.129. The van der Waals surface area contributed by atoms with Gasteiger partial charge in [0.1, 0.15) is 11.6 Å². The van der Waals surface area contributed by atoms with E-state index in [-0.39, 0.29) is 16.3 Å². The highest BCUT2D eigenvalue weighted by atomic mass is 32.2. The summed E-state index contributed by atoms with van der Waals surface area (Å²) in [4.78, 5) is 0.0129. The van der Waals surface area contributed by atoms with Gasteiger partial charge in [0.05, 0.1) is 4.90 Å². The Morgan fingerprint density at radius 2 is 2.29 bits per heavy atom. The number of primary sulfonamides is 1. The van der Waals surface area contributed by atoms with E-state index in [1.54, 1.807) is 19.1 Å². The number of H-pyrrole nitrogens is 1. The Morgan fingerprint density at radius 1 is 1.52 bits per heavy atom. The minimum atomic E-state index is -3.81. The molecule has 0 aliphatic rings. The predicted octanol–water partition coefficient (Wildman–Crippen LogP) is 0.132. The molecule has 0 amide bonds. The minimum Gasteiger partial charge on any atom is -0.360 e. The molecule has 0 aliphatic heterocycles. The largest absolute Gasteiger partial charge is 0.360 e. The van der Waals surface area contributed by atoms with Gasteiger partial charge in [-0.3, -0.25) is 0 Å². The maximum Gasteiger partial charge on any atom is 0.238 e. The number of tetrazole rings is 1. The van der Waals surface area contributed by atoms with Gasteiger partial charge in [-0.1, -0.05) is 6.07 Å². The summed E-state index contributed by atoms with van der Waals surface area (Å²) < 4.78 is 22.9. The highest BCUT2D eigenvalue weighted by molar-refractivity contribution is 7.89. The molecule has 0 radical (unpaired) electrons. The standard InChI is InChI=1S/C11H11N7O2S/c1-7-2-3-9(4-10(7)21(13,19)20)14-6-8(5-12)11-15-17-18-16-11/h2-4,6,14H,1H3,(H2,13,19,20)(H,15,16,17,18). The third kappa shape index (κ3) is 3.41. The smallest absolute Gasteiger partial charge is 0.238 e. The van der Waals surface area contributed by atoms with Crippen LogP contribution in [0.25, 0.3) is 5.57 Å². The van der Waals surface area contributed by atoms with E-state index in [1.807, 2.05) is 6.07 Å². The number of sulfonamides is 1. The van der Waals surface area contributed by atoms with Crippen LogP contribution < -0.4 is 10.5 Å². The number of allylic oxidation sites excluding steroid dienone is 1. The second kappa shape index (κ2) is 5.70. The molecule has 1 aromatic heterocycles. The quantitative estimate of drug-likeness (QED) is 0.679. The number of hydrogen-bond acceptors (Lipinski definition) is 7. The van der Waals surface area contributed by atoms with Crippen LogP contribution in [-0.4, -0.2) is 29.0 Å². The topological polar surface area (TPSA) is 150 Å². The lowest BCUT2D eigenvalue weighted by Gasteiger charge is -2.07. The van der Waals surface area contributed by atoms with Crippen molar-refractivity contribution in [3.63, 3.8) is 0 Å². The molecule has 0 bridgehead atoms. The van der Waals surface area contributed by atoms with Gasteiger partial charge in [0.2, 0.25) is 15.8 Å². The SMILES string of the molecule is Cc1ccc(NC=C(C#N)c2nn[nH]n2)cc1S(N)(=O)=O. The van der Waals surface area contributed by atoms with Crippen LogP contribution in [0, 0.1) is 18.3 Å². The fourth-order valence-electron chi connectivity index (χ4n) is 1.57. The van der Waals surface area contributed by atoms with Crippen molar-refractivity contribution in [2.75, 3.05) is 5.32 Å². The van der Waals surface area contributed by atoms with Crippen LogP contribution in [0.15, 0.2) is 29.3 Å². The van der Waals surface area contributed by atoms with Crippen molar-refractivity contribution >= 4 is 21.3 Å². The van der Waals surface area contributed by atoms with E-state index >= 15 is 0 Å². The molecule has 2 aromatic rings. The van der Waals surface area contributed by atoms with E-state index in [9.17, 15) is 8.42 Å². The molecule has 1 aromatic carbocycles. The molecular formula is C11H11N7O2S. The molecule has 0 saturated heterocycles. The van der Waals surface area contributed by atoms with Crippen LogP contribution in [0.2, 0.25) is 0 Å². The summed E-state index contributed by atoms with van der Waals surface area (Å²) in [6.45, 7) is 1.64. The first kappa shape index (κ1) is 14.6. The van der Waals surface area contributed by atoms with Gasteiger partial charge in [0.25, 0.3) is 0 Å². The summed E-state index contributed by atoms with van der Waals surface area (Å²) in [7, 11) is -3.81. The molecule has 9 nitrogen and oxygen atoms in total. The molecule has 0 saturated carbocycles. The molecule has 2 rings (SSSR count). The first-order valence-corrected chi connectivity index (χ1v) is 7.20. The van der Waals surface area contributed by atoms with Crippen molar-refractivity contribution < 1.29 is 8.42 Å². The molecule has 10 heteroatoms. The summed E-state index contributed by atoms with van der Waals surface area (Å²) in [6.07, 6.45) is 1.35. The monoisotopic (exact) mass is 305 g/mol. The first-order valence-electron chi connectivity index (χ1n) is 5.66. The normalized spacial score (nSPS) is 12.0. The van der Waals surface area contributed by atoms with E-state index in [4.69, 9.17) is 10.4 Å². The number of nitrogens with one attached hydrogen (secondary N) is 2. The van der Waals surface area contributed by atoms with Gasteiger partial charge < -0.3 is 5.32 Å². The molecule has 1 heterocycles. The van der Waals surface area contributed by atoms with E-state index in [2.05, 4.69) is 25.9 Å². The second-order valence-corrected chi connectivity index (χ2v) is 5.60. The third-order valence-corrected chi connectivity index (χ3v) is 3.64. The zero-order valence-electron chi connectivity index (χ0n) is 10.9. The van der Waals surface area contributed by atoms with Crippen molar-refractivity contribution in [1.82, 2.24) is 20.6 Å². The second-order valence-electron chi connectivity index (χ2n) is 4.07.